The number of nitrogens with zero attached hydrogens (tertiary/aromatic N) is 4. The lowest BCUT2D eigenvalue weighted by atomic mass is 10.0. The molecule has 0 N–H and O–H groups in total. The summed E-state index contributed by atoms with van der Waals surface area (Å²) in [5.41, 5.74) is 0. The van der Waals surface area contributed by atoms with Gasteiger partial charge in [-0.05, 0) is 53.6 Å². The van der Waals surface area contributed by atoms with Crippen molar-refractivity contribution in [2.24, 2.45) is 0 Å². The molecule has 0 radical (unpaired) electrons. The molecule has 2 heterocycles. The van der Waals surface area contributed by atoms with Crippen LogP contribution in [0.5, 0.6) is 0 Å². The number of rotatable bonds is 14. The number of piperazine rings is 2. The predicted molar refractivity (Wildman–Crippen MR) is 153 cm³/mol. The summed E-state index contributed by atoms with van der Waals surface area (Å²) < 4.78 is 2.80. The smallest absolute Gasteiger partial charge is 0.102 e. The molecule has 2 aliphatic rings. The fraction of sp³-hybridized carbons (Fsp3) is 1.00. The second-order valence-electron chi connectivity index (χ2n) is 11.8. The average Bonchev–Trinajstić information content (AvgIpc) is 2.86. The van der Waals surface area contributed by atoms with Gasteiger partial charge in [0.25, 0.3) is 0 Å². The number of likely N-dealkylation sites (N-methyl/N-ethyl adjacent to an activating group) is 4. The van der Waals surface area contributed by atoms with Gasteiger partial charge in [-0.3, -0.25) is 9.80 Å². The average molecular weight is 554 g/mol. The molecular weight excluding hydrogens is 487 g/mol. The molecule has 4 unspecified atom stereocenters. The zero-order valence-corrected chi connectivity index (χ0v) is 27.4. The summed E-state index contributed by atoms with van der Waals surface area (Å²) in [5.74, 6) is 0. The summed E-state index contributed by atoms with van der Waals surface area (Å²) >= 11 is 0. The van der Waals surface area contributed by atoms with Gasteiger partial charge in [0.15, 0.2) is 0 Å². The van der Waals surface area contributed by atoms with Gasteiger partial charge in [0, 0.05) is 25.9 Å². The Morgan fingerprint density at radius 1 is 0.556 bits per heavy atom. The van der Waals surface area contributed by atoms with Crippen molar-refractivity contribution in [1.82, 2.24) is 9.80 Å². The van der Waals surface area contributed by atoms with Crippen LogP contribution in [0.2, 0.25) is 0 Å². The summed E-state index contributed by atoms with van der Waals surface area (Å²) in [6, 6.07) is 1.79. The second-order valence-corrected chi connectivity index (χ2v) is 11.8. The maximum Gasteiger partial charge on any atom is 0.102 e. The Bertz CT molecular complexity index is 457. The highest BCUT2D eigenvalue weighted by molar-refractivity contribution is 4.73. The molecule has 4 nitrogen and oxygen atoms in total. The van der Waals surface area contributed by atoms with Crippen molar-refractivity contribution < 1.29 is 33.8 Å². The number of quaternary nitrogens is 2. The van der Waals surface area contributed by atoms with E-state index in [2.05, 4.69) is 65.4 Å². The van der Waals surface area contributed by atoms with E-state index < -0.39 is 0 Å². The van der Waals surface area contributed by atoms with Crippen LogP contribution in [0, 0.1) is 0 Å². The predicted octanol–water partition coefficient (Wildman–Crippen LogP) is 0.263. The number of halogens is 2. The van der Waals surface area contributed by atoms with Crippen molar-refractivity contribution in [1.29, 1.82) is 0 Å². The second kappa shape index (κ2) is 21.3. The van der Waals surface area contributed by atoms with E-state index in [1.807, 2.05) is 0 Å². The van der Waals surface area contributed by atoms with E-state index in [9.17, 15) is 0 Å². The monoisotopic (exact) mass is 552 g/mol. The van der Waals surface area contributed by atoms with Gasteiger partial charge in [0.05, 0.1) is 52.4 Å². The highest BCUT2D eigenvalue weighted by Crippen LogP contribution is 2.26. The number of hydrogen-bond acceptors (Lipinski definition) is 2. The molecule has 0 amide bonds. The van der Waals surface area contributed by atoms with Crippen LogP contribution in [0.25, 0.3) is 0 Å². The third-order valence-electron chi connectivity index (χ3n) is 9.40. The molecule has 0 aliphatic carbocycles. The molecule has 0 spiro atoms. The Kier molecular flexibility index (Phi) is 22.8. The first-order valence-electron chi connectivity index (χ1n) is 15.4. The van der Waals surface area contributed by atoms with Crippen molar-refractivity contribution in [2.45, 2.75) is 118 Å². The quantitative estimate of drug-likeness (QED) is 0.285. The van der Waals surface area contributed by atoms with Crippen LogP contribution in [0.1, 0.15) is 106 Å². The van der Waals surface area contributed by atoms with Crippen molar-refractivity contribution in [3.8, 4) is 0 Å². The molecule has 6 heteroatoms. The molecule has 0 aromatic rings. The van der Waals surface area contributed by atoms with Crippen molar-refractivity contribution >= 4 is 0 Å². The SMILES string of the molecule is CCCCC1CN(C)CC[N+]1(CC)CCCC.CCCCC1CN(C)CC[N+]1(CC)CCCC.[Cl-].[Cl-]. The van der Waals surface area contributed by atoms with Crippen LogP contribution >= 0.6 is 0 Å². The van der Waals surface area contributed by atoms with Crippen LogP contribution in [0.4, 0.5) is 0 Å². The fourth-order valence-corrected chi connectivity index (χ4v) is 6.65. The highest BCUT2D eigenvalue weighted by atomic mass is 35.5. The van der Waals surface area contributed by atoms with E-state index in [0.717, 1.165) is 12.1 Å². The lowest BCUT2D eigenvalue weighted by molar-refractivity contribution is -0.954. The van der Waals surface area contributed by atoms with Crippen LogP contribution in [-0.2, 0) is 0 Å². The van der Waals surface area contributed by atoms with Crippen molar-refractivity contribution in [3.05, 3.63) is 0 Å². The van der Waals surface area contributed by atoms with Gasteiger partial charge < -0.3 is 33.8 Å². The van der Waals surface area contributed by atoms with Gasteiger partial charge in [0.2, 0.25) is 0 Å². The normalized spacial score (nSPS) is 29.0. The molecule has 0 aromatic heterocycles. The molecule has 0 aromatic carbocycles. The Hall–Kier alpha value is 0.420. The first-order chi connectivity index (χ1) is 16.4. The summed E-state index contributed by atoms with van der Waals surface area (Å²) in [6.07, 6.45) is 13.9. The molecule has 0 saturated carbocycles. The first kappa shape index (κ1) is 38.6. The van der Waals surface area contributed by atoms with Crippen molar-refractivity contribution in [3.63, 3.8) is 0 Å². The number of unbranched alkanes of at least 4 members (excludes halogenated alkanes) is 4. The number of hydrogen-bond donors (Lipinski definition) is 0. The summed E-state index contributed by atoms with van der Waals surface area (Å²) in [7, 11) is 4.59. The third-order valence-corrected chi connectivity index (χ3v) is 9.40. The minimum Gasteiger partial charge on any atom is -1.00 e. The Balaban J connectivity index is 0. The van der Waals surface area contributed by atoms with Gasteiger partial charge in [0.1, 0.15) is 12.1 Å². The summed E-state index contributed by atoms with van der Waals surface area (Å²) in [5, 5.41) is 0. The third kappa shape index (κ3) is 12.1. The molecule has 36 heavy (non-hydrogen) atoms. The minimum absolute atomic E-state index is 0. The first-order valence-corrected chi connectivity index (χ1v) is 15.4. The topological polar surface area (TPSA) is 6.48 Å². The zero-order valence-electron chi connectivity index (χ0n) is 25.8. The summed E-state index contributed by atoms with van der Waals surface area (Å²) in [4.78, 5) is 5.08. The standard InChI is InChI=1S/2C15H33N2.2ClH/c2*1-5-8-10-15-14-16(4)11-13-17(15,7-3)12-9-6-2;;/h2*15H,5-14H2,1-4H3;2*1H/q2*+1;;/p-2. The van der Waals surface area contributed by atoms with E-state index in [1.165, 1.54) is 139 Å². The van der Waals surface area contributed by atoms with E-state index in [-0.39, 0.29) is 24.8 Å². The largest absolute Gasteiger partial charge is 1.00 e. The minimum atomic E-state index is 0. The Labute approximate surface area is 240 Å². The Morgan fingerprint density at radius 2 is 0.889 bits per heavy atom. The van der Waals surface area contributed by atoms with Crippen LogP contribution in [-0.4, -0.2) is 110 Å². The van der Waals surface area contributed by atoms with Crippen LogP contribution < -0.4 is 24.8 Å². The van der Waals surface area contributed by atoms with Gasteiger partial charge in [-0.15, -0.1) is 0 Å². The van der Waals surface area contributed by atoms with Crippen LogP contribution in [0.3, 0.4) is 0 Å². The van der Waals surface area contributed by atoms with E-state index in [1.54, 1.807) is 0 Å². The lowest BCUT2D eigenvalue weighted by Gasteiger charge is -2.50. The van der Waals surface area contributed by atoms with Gasteiger partial charge in [-0.2, -0.15) is 0 Å². The van der Waals surface area contributed by atoms with Gasteiger partial charge in [-0.25, -0.2) is 0 Å². The van der Waals surface area contributed by atoms with E-state index >= 15 is 0 Å². The maximum absolute atomic E-state index is 2.54. The Morgan fingerprint density at radius 3 is 1.17 bits per heavy atom. The van der Waals surface area contributed by atoms with Crippen LogP contribution in [0.15, 0.2) is 0 Å². The lowest BCUT2D eigenvalue weighted by Crippen LogP contribution is -3.00. The molecule has 2 aliphatic heterocycles. The fourth-order valence-electron chi connectivity index (χ4n) is 6.65. The zero-order chi connectivity index (χ0) is 25.5. The van der Waals surface area contributed by atoms with Gasteiger partial charge in [-0.1, -0.05) is 53.4 Å². The van der Waals surface area contributed by atoms with E-state index in [4.69, 9.17) is 0 Å². The van der Waals surface area contributed by atoms with Gasteiger partial charge >= 0.3 is 0 Å². The molecular formula is C30H66Cl2N4. The van der Waals surface area contributed by atoms with E-state index in [0.29, 0.717) is 0 Å². The molecule has 2 fully saturated rings. The molecule has 2 saturated heterocycles. The summed E-state index contributed by atoms with van der Waals surface area (Å²) in [6.45, 7) is 27.6. The maximum atomic E-state index is 2.54. The van der Waals surface area contributed by atoms with Crippen molar-refractivity contribution in [2.75, 3.05) is 79.5 Å². The molecule has 0 bridgehead atoms. The molecule has 220 valence electrons. The molecule has 2 rings (SSSR count). The highest BCUT2D eigenvalue weighted by Gasteiger charge is 2.39. The molecule has 4 atom stereocenters.